The molecule has 1 aromatic carbocycles. The van der Waals surface area contributed by atoms with Crippen LogP contribution >= 0.6 is 0 Å². The molecule has 0 aromatic heterocycles. The van der Waals surface area contributed by atoms with Gasteiger partial charge in [-0.1, -0.05) is 0 Å². The minimum absolute atomic E-state index is 0.0178. The highest BCUT2D eigenvalue weighted by atomic mass is 19.3. The first-order valence-electron chi connectivity index (χ1n) is 9.46. The Morgan fingerprint density at radius 2 is 2.00 bits per heavy atom. The predicted molar refractivity (Wildman–Crippen MR) is 105 cm³/mol. The van der Waals surface area contributed by atoms with Gasteiger partial charge in [0.05, 0.1) is 30.3 Å². The molecule has 2 rings (SSSR count). The van der Waals surface area contributed by atoms with Gasteiger partial charge < -0.3 is 24.4 Å². The summed E-state index contributed by atoms with van der Waals surface area (Å²) in [7, 11) is 1.20. The van der Waals surface area contributed by atoms with Crippen LogP contribution in [0.1, 0.15) is 25.3 Å². The van der Waals surface area contributed by atoms with Gasteiger partial charge in [-0.15, -0.1) is 0 Å². The van der Waals surface area contributed by atoms with Gasteiger partial charge in [0.25, 0.3) is 5.69 Å². The van der Waals surface area contributed by atoms with Crippen molar-refractivity contribution in [3.63, 3.8) is 0 Å². The Kier molecular flexibility index (Phi) is 8.53. The molecular weight excluding hydrogens is 420 g/mol. The second-order valence-corrected chi connectivity index (χ2v) is 6.50. The van der Waals surface area contributed by atoms with Crippen LogP contribution in [0.5, 0.6) is 11.5 Å². The molecule has 10 nitrogen and oxygen atoms in total. The quantitative estimate of drug-likeness (QED) is 0.373. The second kappa shape index (κ2) is 11.1. The molecule has 0 saturated carbocycles. The summed E-state index contributed by atoms with van der Waals surface area (Å²) in [6.45, 7) is -0.317. The van der Waals surface area contributed by atoms with Crippen molar-refractivity contribution >= 4 is 23.8 Å². The van der Waals surface area contributed by atoms with Crippen LogP contribution in [0.25, 0.3) is 6.08 Å². The SMILES string of the molecule is CCOC(=O)N1CCC(NC(=O)/C=C/c2cc(OC)c(OC(F)F)cc2[N+](=O)[O-])CC1. The van der Waals surface area contributed by atoms with E-state index in [0.29, 0.717) is 25.9 Å². The van der Waals surface area contributed by atoms with E-state index in [1.807, 2.05) is 0 Å². The standard InChI is InChI=1S/C19H23F2N3O7/c1-3-30-19(26)23-8-6-13(7-9-23)22-17(25)5-4-12-10-15(29-2)16(31-18(20)21)11-14(12)24(27)28/h4-5,10-11,13,18H,3,6-9H2,1-2H3,(H,22,25)/b5-4+. The Morgan fingerprint density at radius 3 is 2.55 bits per heavy atom. The second-order valence-electron chi connectivity index (χ2n) is 6.50. The number of amides is 2. The van der Waals surface area contributed by atoms with Crippen molar-refractivity contribution in [2.24, 2.45) is 0 Å². The maximum atomic E-state index is 12.5. The summed E-state index contributed by atoms with van der Waals surface area (Å²) < 4.78 is 39.1. The van der Waals surface area contributed by atoms with E-state index in [9.17, 15) is 28.5 Å². The molecule has 2 amide bonds. The topological polar surface area (TPSA) is 120 Å². The third-order valence-corrected chi connectivity index (χ3v) is 4.51. The van der Waals surface area contributed by atoms with E-state index in [-0.39, 0.29) is 24.0 Å². The van der Waals surface area contributed by atoms with E-state index in [0.717, 1.165) is 18.2 Å². The first-order valence-corrected chi connectivity index (χ1v) is 9.46. The molecule has 1 fully saturated rings. The van der Waals surface area contributed by atoms with Crippen molar-refractivity contribution < 1.29 is 37.5 Å². The minimum Gasteiger partial charge on any atom is -0.493 e. The maximum Gasteiger partial charge on any atom is 0.409 e. The fourth-order valence-electron chi connectivity index (χ4n) is 3.04. The predicted octanol–water partition coefficient (Wildman–Crippen LogP) is 2.96. The Bertz CT molecular complexity index is 840. The molecule has 0 unspecified atom stereocenters. The van der Waals surface area contributed by atoms with Gasteiger partial charge in [-0.2, -0.15) is 8.78 Å². The number of hydrogen-bond donors (Lipinski definition) is 1. The van der Waals surface area contributed by atoms with Gasteiger partial charge >= 0.3 is 12.7 Å². The molecule has 170 valence electrons. The number of rotatable bonds is 8. The number of piperidine rings is 1. The molecule has 31 heavy (non-hydrogen) atoms. The number of halogens is 2. The van der Waals surface area contributed by atoms with Crippen LogP contribution in [0.3, 0.4) is 0 Å². The summed E-state index contributed by atoms with van der Waals surface area (Å²) in [5.41, 5.74) is -0.543. The number of carbonyl (C=O) groups excluding carboxylic acids is 2. The van der Waals surface area contributed by atoms with Crippen molar-refractivity contribution in [3.8, 4) is 11.5 Å². The number of hydrogen-bond acceptors (Lipinski definition) is 7. The molecular formula is C19H23F2N3O7. The molecule has 0 spiro atoms. The molecule has 1 heterocycles. The van der Waals surface area contributed by atoms with Crippen LogP contribution in [0.15, 0.2) is 18.2 Å². The number of nitrogens with one attached hydrogen (secondary N) is 1. The highest BCUT2D eigenvalue weighted by molar-refractivity contribution is 5.92. The number of ether oxygens (including phenoxy) is 3. The Hall–Kier alpha value is -3.44. The third-order valence-electron chi connectivity index (χ3n) is 4.51. The monoisotopic (exact) mass is 443 g/mol. The van der Waals surface area contributed by atoms with E-state index in [4.69, 9.17) is 9.47 Å². The molecule has 1 aromatic rings. The summed E-state index contributed by atoms with van der Waals surface area (Å²) in [5.74, 6) is -1.12. The number of methoxy groups -OCH3 is 1. The van der Waals surface area contributed by atoms with Crippen LogP contribution < -0.4 is 14.8 Å². The van der Waals surface area contributed by atoms with E-state index >= 15 is 0 Å². The number of likely N-dealkylation sites (tertiary alicyclic amines) is 1. The zero-order valence-electron chi connectivity index (χ0n) is 17.0. The van der Waals surface area contributed by atoms with Crippen molar-refractivity contribution in [2.75, 3.05) is 26.8 Å². The molecule has 1 aliphatic heterocycles. The Balaban J connectivity index is 2.05. The van der Waals surface area contributed by atoms with Gasteiger partial charge in [-0.05, 0) is 31.9 Å². The van der Waals surface area contributed by atoms with E-state index < -0.39 is 35.0 Å². The van der Waals surface area contributed by atoms with Gasteiger partial charge in [0.15, 0.2) is 11.5 Å². The molecule has 12 heteroatoms. The van der Waals surface area contributed by atoms with Gasteiger partial charge in [-0.3, -0.25) is 14.9 Å². The van der Waals surface area contributed by atoms with Crippen LogP contribution in [-0.2, 0) is 9.53 Å². The van der Waals surface area contributed by atoms with Gasteiger partial charge in [0.1, 0.15) is 0 Å². The van der Waals surface area contributed by atoms with E-state index in [1.54, 1.807) is 11.8 Å². The van der Waals surface area contributed by atoms with Crippen LogP contribution in [0, 0.1) is 10.1 Å². The van der Waals surface area contributed by atoms with Crippen molar-refractivity contribution in [2.45, 2.75) is 32.4 Å². The van der Waals surface area contributed by atoms with Crippen LogP contribution in [0.2, 0.25) is 0 Å². The summed E-state index contributed by atoms with van der Waals surface area (Å²) >= 11 is 0. The van der Waals surface area contributed by atoms with Crippen molar-refractivity contribution in [3.05, 3.63) is 33.9 Å². The number of nitrogens with zero attached hydrogens (tertiary/aromatic N) is 2. The highest BCUT2D eigenvalue weighted by Crippen LogP contribution is 2.36. The number of carbonyl (C=O) groups is 2. The average Bonchev–Trinajstić information content (AvgIpc) is 2.72. The lowest BCUT2D eigenvalue weighted by Gasteiger charge is -2.31. The van der Waals surface area contributed by atoms with Crippen LogP contribution in [-0.4, -0.2) is 61.3 Å². The number of alkyl halides is 2. The molecule has 1 N–H and O–H groups in total. The van der Waals surface area contributed by atoms with Gasteiger partial charge in [0, 0.05) is 25.2 Å². The van der Waals surface area contributed by atoms with Gasteiger partial charge in [-0.25, -0.2) is 4.79 Å². The van der Waals surface area contributed by atoms with Crippen molar-refractivity contribution in [1.29, 1.82) is 0 Å². The first-order chi connectivity index (χ1) is 14.7. The minimum atomic E-state index is -3.18. The van der Waals surface area contributed by atoms with Gasteiger partial charge in [0.2, 0.25) is 5.91 Å². The smallest absolute Gasteiger partial charge is 0.409 e. The lowest BCUT2D eigenvalue weighted by Crippen LogP contribution is -2.46. The lowest BCUT2D eigenvalue weighted by molar-refractivity contribution is -0.385. The fourth-order valence-corrected chi connectivity index (χ4v) is 3.04. The first kappa shape index (κ1) is 23.8. The Morgan fingerprint density at radius 1 is 1.32 bits per heavy atom. The normalized spacial score (nSPS) is 14.5. The lowest BCUT2D eigenvalue weighted by atomic mass is 10.1. The molecule has 1 aliphatic rings. The largest absolute Gasteiger partial charge is 0.493 e. The molecule has 0 radical (unpaired) electrons. The molecule has 0 bridgehead atoms. The zero-order valence-corrected chi connectivity index (χ0v) is 17.0. The summed E-state index contributed by atoms with van der Waals surface area (Å²) in [6, 6.07) is 1.78. The van der Waals surface area contributed by atoms with E-state index in [1.165, 1.54) is 13.2 Å². The zero-order chi connectivity index (χ0) is 23.0. The average molecular weight is 443 g/mol. The number of nitro groups is 1. The maximum absolute atomic E-state index is 12.5. The highest BCUT2D eigenvalue weighted by Gasteiger charge is 2.24. The summed E-state index contributed by atoms with van der Waals surface area (Å²) in [6.07, 6.45) is 2.97. The molecule has 0 atom stereocenters. The van der Waals surface area contributed by atoms with Crippen molar-refractivity contribution in [1.82, 2.24) is 10.2 Å². The third kappa shape index (κ3) is 6.79. The summed E-state index contributed by atoms with van der Waals surface area (Å²) in [4.78, 5) is 36.0. The van der Waals surface area contributed by atoms with E-state index in [2.05, 4.69) is 10.1 Å². The number of nitro benzene ring substituents is 1. The Labute approximate surface area is 176 Å². The van der Waals surface area contributed by atoms with Crippen LogP contribution in [0.4, 0.5) is 19.3 Å². The molecule has 0 aliphatic carbocycles. The number of benzene rings is 1. The summed E-state index contributed by atoms with van der Waals surface area (Å²) in [5, 5.41) is 14.1. The molecule has 1 saturated heterocycles. The fraction of sp³-hybridized carbons (Fsp3) is 0.474.